The van der Waals surface area contributed by atoms with E-state index in [-0.39, 0.29) is 5.60 Å². The third-order valence-electron chi connectivity index (χ3n) is 4.02. The number of nitrogens with one attached hydrogen (secondary N) is 1. The summed E-state index contributed by atoms with van der Waals surface area (Å²) in [5, 5.41) is 3.50. The fourth-order valence-electron chi connectivity index (χ4n) is 3.22. The number of ether oxygens (including phenoxy) is 1. The van der Waals surface area contributed by atoms with Crippen LogP contribution in [0.3, 0.4) is 0 Å². The summed E-state index contributed by atoms with van der Waals surface area (Å²) in [7, 11) is 2.11. The summed E-state index contributed by atoms with van der Waals surface area (Å²) in [6.07, 6.45) is 5.46. The van der Waals surface area contributed by atoms with Crippen molar-refractivity contribution in [3.63, 3.8) is 0 Å². The third kappa shape index (κ3) is 2.76. The number of likely N-dealkylation sites (N-methyl/N-ethyl adjacent to an activating group) is 1. The first-order valence-electron chi connectivity index (χ1n) is 6.68. The van der Waals surface area contributed by atoms with Gasteiger partial charge < -0.3 is 10.1 Å². The molecule has 94 valence electrons. The van der Waals surface area contributed by atoms with Gasteiger partial charge in [-0.25, -0.2) is 0 Å². The Bertz CT molecular complexity index is 230. The summed E-state index contributed by atoms with van der Waals surface area (Å²) in [4.78, 5) is 2.64. The van der Waals surface area contributed by atoms with Crippen molar-refractivity contribution in [3.05, 3.63) is 0 Å². The molecule has 2 rings (SSSR count). The summed E-state index contributed by atoms with van der Waals surface area (Å²) in [6, 6.07) is 1.41. The lowest BCUT2D eigenvalue weighted by Crippen LogP contribution is -2.58. The molecule has 0 radical (unpaired) electrons. The van der Waals surface area contributed by atoms with E-state index in [9.17, 15) is 0 Å². The Morgan fingerprint density at radius 3 is 2.69 bits per heavy atom. The highest BCUT2D eigenvalue weighted by atomic mass is 16.5. The minimum Gasteiger partial charge on any atom is -0.373 e. The van der Waals surface area contributed by atoms with E-state index in [2.05, 4.69) is 31.1 Å². The minimum absolute atomic E-state index is 0.0357. The van der Waals surface area contributed by atoms with Crippen LogP contribution < -0.4 is 5.32 Å². The van der Waals surface area contributed by atoms with E-state index in [1.165, 1.54) is 25.7 Å². The normalized spacial score (nSPS) is 36.2. The van der Waals surface area contributed by atoms with E-state index in [0.29, 0.717) is 6.04 Å². The van der Waals surface area contributed by atoms with E-state index in [1.807, 2.05) is 0 Å². The molecule has 1 aliphatic carbocycles. The first kappa shape index (κ1) is 12.3. The Morgan fingerprint density at radius 1 is 1.25 bits per heavy atom. The highest BCUT2D eigenvalue weighted by Gasteiger charge is 2.35. The molecule has 0 aromatic rings. The summed E-state index contributed by atoms with van der Waals surface area (Å²) in [6.45, 7) is 7.48. The zero-order valence-corrected chi connectivity index (χ0v) is 11.0. The highest BCUT2D eigenvalue weighted by Crippen LogP contribution is 2.27. The molecule has 0 aromatic heterocycles. The SMILES string of the molecule is CNC1CCCCC1N1CCOC(C)(C)C1. The summed E-state index contributed by atoms with van der Waals surface area (Å²) in [5.41, 5.74) is 0.0357. The van der Waals surface area contributed by atoms with Crippen LogP contribution in [-0.4, -0.2) is 49.3 Å². The smallest absolute Gasteiger partial charge is 0.0753 e. The first-order chi connectivity index (χ1) is 7.62. The lowest BCUT2D eigenvalue weighted by atomic mass is 9.88. The maximum Gasteiger partial charge on any atom is 0.0753 e. The number of morpholine rings is 1. The van der Waals surface area contributed by atoms with Crippen molar-refractivity contribution >= 4 is 0 Å². The number of hydrogen-bond acceptors (Lipinski definition) is 3. The molecule has 1 saturated carbocycles. The molecule has 0 amide bonds. The second kappa shape index (κ2) is 5.03. The van der Waals surface area contributed by atoms with E-state index in [4.69, 9.17) is 4.74 Å². The van der Waals surface area contributed by atoms with Crippen LogP contribution in [0.15, 0.2) is 0 Å². The van der Waals surface area contributed by atoms with Crippen LogP contribution >= 0.6 is 0 Å². The van der Waals surface area contributed by atoms with Gasteiger partial charge in [0.05, 0.1) is 12.2 Å². The summed E-state index contributed by atoms with van der Waals surface area (Å²) < 4.78 is 5.79. The van der Waals surface area contributed by atoms with Gasteiger partial charge in [0.1, 0.15) is 0 Å². The monoisotopic (exact) mass is 226 g/mol. The predicted molar refractivity (Wildman–Crippen MR) is 66.7 cm³/mol. The van der Waals surface area contributed by atoms with Gasteiger partial charge in [0, 0.05) is 25.2 Å². The molecule has 3 heteroatoms. The Labute approximate surface area is 99.5 Å². The Morgan fingerprint density at radius 2 is 2.00 bits per heavy atom. The fraction of sp³-hybridized carbons (Fsp3) is 1.00. The fourth-order valence-corrected chi connectivity index (χ4v) is 3.22. The zero-order chi connectivity index (χ0) is 11.6. The highest BCUT2D eigenvalue weighted by molar-refractivity contribution is 4.91. The Kier molecular flexibility index (Phi) is 3.88. The molecular weight excluding hydrogens is 200 g/mol. The van der Waals surface area contributed by atoms with Gasteiger partial charge in [-0.15, -0.1) is 0 Å². The van der Waals surface area contributed by atoms with Gasteiger partial charge in [-0.2, -0.15) is 0 Å². The molecule has 0 aromatic carbocycles. The van der Waals surface area contributed by atoms with E-state index < -0.39 is 0 Å². The molecule has 1 saturated heterocycles. The van der Waals surface area contributed by atoms with Crippen LogP contribution in [0, 0.1) is 0 Å². The minimum atomic E-state index is 0.0357. The van der Waals surface area contributed by atoms with Crippen molar-refractivity contribution in [2.45, 2.75) is 57.2 Å². The van der Waals surface area contributed by atoms with Gasteiger partial charge in [-0.05, 0) is 33.7 Å². The molecule has 3 nitrogen and oxygen atoms in total. The largest absolute Gasteiger partial charge is 0.373 e. The maximum absolute atomic E-state index is 5.79. The lowest BCUT2D eigenvalue weighted by molar-refractivity contribution is -0.103. The molecule has 1 aliphatic heterocycles. The summed E-state index contributed by atoms with van der Waals surface area (Å²) in [5.74, 6) is 0. The van der Waals surface area contributed by atoms with Crippen LogP contribution in [0.5, 0.6) is 0 Å². The van der Waals surface area contributed by atoms with Crippen LogP contribution in [0.4, 0.5) is 0 Å². The molecule has 1 N–H and O–H groups in total. The van der Waals surface area contributed by atoms with Crippen LogP contribution in [0.2, 0.25) is 0 Å². The molecule has 2 atom stereocenters. The molecule has 0 bridgehead atoms. The molecular formula is C13H26N2O. The van der Waals surface area contributed by atoms with Crippen LogP contribution in [0.25, 0.3) is 0 Å². The third-order valence-corrected chi connectivity index (χ3v) is 4.02. The predicted octanol–water partition coefficient (Wildman–Crippen LogP) is 1.63. The molecule has 2 fully saturated rings. The first-order valence-corrected chi connectivity index (χ1v) is 6.68. The number of nitrogens with zero attached hydrogens (tertiary/aromatic N) is 1. The second-order valence-electron chi connectivity index (χ2n) is 5.83. The summed E-state index contributed by atoms with van der Waals surface area (Å²) >= 11 is 0. The molecule has 0 spiro atoms. The van der Waals surface area contributed by atoms with Crippen molar-refractivity contribution in [2.24, 2.45) is 0 Å². The van der Waals surface area contributed by atoms with Crippen molar-refractivity contribution in [3.8, 4) is 0 Å². The van der Waals surface area contributed by atoms with Crippen LogP contribution in [0.1, 0.15) is 39.5 Å². The van der Waals surface area contributed by atoms with E-state index in [1.54, 1.807) is 0 Å². The van der Waals surface area contributed by atoms with Crippen molar-refractivity contribution in [1.29, 1.82) is 0 Å². The standard InChI is InChI=1S/C13H26N2O/c1-13(2)10-15(8-9-16-13)12-7-5-4-6-11(12)14-3/h11-12,14H,4-10H2,1-3H3. The number of rotatable bonds is 2. The molecule has 2 unspecified atom stereocenters. The van der Waals surface area contributed by atoms with Gasteiger partial charge >= 0.3 is 0 Å². The molecule has 16 heavy (non-hydrogen) atoms. The topological polar surface area (TPSA) is 24.5 Å². The maximum atomic E-state index is 5.79. The molecule has 2 aliphatic rings. The average Bonchev–Trinajstić information content (AvgIpc) is 2.27. The van der Waals surface area contributed by atoms with Crippen molar-refractivity contribution in [1.82, 2.24) is 10.2 Å². The van der Waals surface area contributed by atoms with E-state index >= 15 is 0 Å². The van der Waals surface area contributed by atoms with Crippen molar-refractivity contribution in [2.75, 3.05) is 26.7 Å². The van der Waals surface area contributed by atoms with Gasteiger partial charge in [-0.3, -0.25) is 4.90 Å². The van der Waals surface area contributed by atoms with Crippen molar-refractivity contribution < 1.29 is 4.74 Å². The van der Waals surface area contributed by atoms with Gasteiger partial charge in [0.25, 0.3) is 0 Å². The number of hydrogen-bond donors (Lipinski definition) is 1. The van der Waals surface area contributed by atoms with Gasteiger partial charge in [-0.1, -0.05) is 12.8 Å². The average molecular weight is 226 g/mol. The van der Waals surface area contributed by atoms with Gasteiger partial charge in [0.15, 0.2) is 0 Å². The van der Waals surface area contributed by atoms with Crippen LogP contribution in [-0.2, 0) is 4.74 Å². The quantitative estimate of drug-likeness (QED) is 0.774. The van der Waals surface area contributed by atoms with E-state index in [0.717, 1.165) is 25.7 Å². The Hall–Kier alpha value is -0.120. The molecule has 1 heterocycles. The second-order valence-corrected chi connectivity index (χ2v) is 5.83. The Balaban J connectivity index is 1.99. The zero-order valence-electron chi connectivity index (χ0n) is 11.0. The van der Waals surface area contributed by atoms with Gasteiger partial charge in [0.2, 0.25) is 0 Å². The lowest BCUT2D eigenvalue weighted by Gasteiger charge is -2.46.